The van der Waals surface area contributed by atoms with Crippen molar-refractivity contribution < 1.29 is 26.4 Å². The van der Waals surface area contributed by atoms with Gasteiger partial charge in [0.15, 0.2) is 5.82 Å². The van der Waals surface area contributed by atoms with E-state index in [0.717, 1.165) is 10.7 Å². The highest BCUT2D eigenvalue weighted by Gasteiger charge is 2.44. The predicted octanol–water partition coefficient (Wildman–Crippen LogP) is 3.01. The van der Waals surface area contributed by atoms with Crippen LogP contribution in [0.1, 0.15) is 10.5 Å². The molecule has 1 saturated heterocycles. The number of anilines is 1. The fraction of sp³-hybridized carbons (Fsp3) is 0.429. The number of alkyl halides is 3. The summed E-state index contributed by atoms with van der Waals surface area (Å²) in [7, 11) is -1.40. The molecule has 34 heavy (non-hydrogen) atoms. The number of piperidine rings is 1. The molecule has 1 atom stereocenters. The summed E-state index contributed by atoms with van der Waals surface area (Å²) >= 11 is 0. The molecule has 0 bridgehead atoms. The van der Waals surface area contributed by atoms with Crippen LogP contribution in [0.2, 0.25) is 0 Å². The topological polar surface area (TPSA) is 85.4 Å². The lowest BCUT2D eigenvalue weighted by Crippen LogP contribution is -2.53. The van der Waals surface area contributed by atoms with Gasteiger partial charge in [-0.25, -0.2) is 26.8 Å². The van der Waals surface area contributed by atoms with E-state index in [-0.39, 0.29) is 35.6 Å². The summed E-state index contributed by atoms with van der Waals surface area (Å²) < 4.78 is 87.4. The third kappa shape index (κ3) is 3.79. The van der Waals surface area contributed by atoms with Crippen molar-refractivity contribution in [1.29, 1.82) is 0 Å². The van der Waals surface area contributed by atoms with Crippen LogP contribution in [0, 0.1) is 5.82 Å². The van der Waals surface area contributed by atoms with Crippen molar-refractivity contribution in [3.63, 3.8) is 0 Å². The first kappa shape index (κ1) is 18.9. The second-order valence-corrected chi connectivity index (χ2v) is 8.18. The van der Waals surface area contributed by atoms with E-state index < -0.39 is 43.9 Å². The lowest BCUT2D eigenvalue weighted by atomic mass is 10.0. The summed E-state index contributed by atoms with van der Waals surface area (Å²) in [5.41, 5.74) is 0.928. The van der Waals surface area contributed by atoms with Gasteiger partial charge in [0.25, 0.3) is 5.92 Å². The largest absolute Gasteiger partial charge is 0.479 e. The number of fused-ring (bicyclic) bond motifs is 2. The predicted molar refractivity (Wildman–Crippen MR) is 116 cm³/mol. The molecule has 1 fully saturated rings. The van der Waals surface area contributed by atoms with E-state index in [1.54, 1.807) is 13.1 Å². The lowest BCUT2D eigenvalue weighted by Gasteiger charge is -2.36. The van der Waals surface area contributed by atoms with Crippen molar-refractivity contribution in [2.24, 2.45) is 0 Å². The van der Waals surface area contributed by atoms with Gasteiger partial charge in [0.1, 0.15) is 17.7 Å². The van der Waals surface area contributed by atoms with Gasteiger partial charge in [0.2, 0.25) is 11.8 Å². The maximum Gasteiger partial charge on any atom is 0.280 e. The summed E-state index contributed by atoms with van der Waals surface area (Å²) in [4.78, 5) is 5.54. The molecule has 0 radical (unpaired) electrons. The van der Waals surface area contributed by atoms with Crippen LogP contribution in [0.25, 0.3) is 27.7 Å². The van der Waals surface area contributed by atoms with E-state index in [2.05, 4.69) is 25.7 Å². The molecule has 0 aliphatic carbocycles. The van der Waals surface area contributed by atoms with Crippen molar-refractivity contribution >= 4 is 22.5 Å². The Balaban J connectivity index is 1.62. The third-order valence-corrected chi connectivity index (χ3v) is 5.84. The number of halogens is 4. The van der Waals surface area contributed by atoms with Gasteiger partial charge in [-0.3, -0.25) is 0 Å². The molecule has 1 N–H and O–H groups in total. The zero-order chi connectivity index (χ0) is 26.5. The van der Waals surface area contributed by atoms with E-state index in [1.807, 2.05) is 0 Å². The zero-order valence-electron chi connectivity index (χ0n) is 21.0. The van der Waals surface area contributed by atoms with Gasteiger partial charge in [-0.2, -0.15) is 4.98 Å². The number of aromatic nitrogens is 6. The molecule has 13 heteroatoms. The maximum absolute atomic E-state index is 15.3. The lowest BCUT2D eigenvalue weighted by molar-refractivity contribution is -0.0675. The number of nitrogens with one attached hydrogen (secondary N) is 1. The highest BCUT2D eigenvalue weighted by molar-refractivity contribution is 5.89. The first-order chi connectivity index (χ1) is 17.4. The quantitative estimate of drug-likeness (QED) is 0.424. The Morgan fingerprint density at radius 1 is 1.35 bits per heavy atom. The van der Waals surface area contributed by atoms with Crippen LogP contribution in [0.5, 0.6) is 5.88 Å². The highest BCUT2D eigenvalue weighted by Crippen LogP contribution is 2.36. The molecule has 1 aromatic carbocycles. The van der Waals surface area contributed by atoms with Gasteiger partial charge in [-0.15, -0.1) is 10.2 Å². The average molecular weight is 481 g/mol. The number of nitrogens with zero attached hydrogens (tertiary/aromatic N) is 7. The van der Waals surface area contributed by atoms with Gasteiger partial charge < -0.3 is 15.0 Å². The Kier molecular flexibility index (Phi) is 4.66. The van der Waals surface area contributed by atoms with Gasteiger partial charge in [-0.1, -0.05) is 11.3 Å². The first-order valence-electron chi connectivity index (χ1n) is 12.0. The Hall–Kier alpha value is -3.48. The van der Waals surface area contributed by atoms with Gasteiger partial charge in [0.05, 0.1) is 47.6 Å². The molecule has 1 aliphatic rings. The SMILES string of the molecule is [2H]C([2H])([2H])Oc1nc(N[C@@H]2CCN(C)CC2(F)F)nn2cc(F)c(-c3ccc4nnn(CCF)c4c3)c12. The van der Waals surface area contributed by atoms with Gasteiger partial charge >= 0.3 is 0 Å². The number of likely N-dealkylation sites (tertiary alicyclic amines) is 1. The fourth-order valence-electron chi connectivity index (χ4n) is 4.24. The molecule has 180 valence electrons. The number of aryl methyl sites for hydroxylation is 1. The standard InChI is InChI=1S/C21H22F4N8O/c1-31-7-5-16(21(24,25)11-31)26-20-27-19(34-2)18-17(13(23)10-33(18)29-20)12-3-4-14-15(9-12)32(8-6-22)30-28-14/h3-4,9-10,16H,5-8,11H2,1-2H3,(H,26,29)/t16-/m1/s1/i2D3. The van der Waals surface area contributed by atoms with E-state index in [9.17, 15) is 13.2 Å². The molecule has 4 heterocycles. The zero-order valence-corrected chi connectivity index (χ0v) is 18.0. The van der Waals surface area contributed by atoms with Crippen LogP contribution in [0.4, 0.5) is 23.5 Å². The van der Waals surface area contributed by atoms with E-state index in [0.29, 0.717) is 17.6 Å². The Labute approximate surface area is 195 Å². The minimum atomic E-state index is -3.12. The third-order valence-electron chi connectivity index (χ3n) is 5.84. The number of rotatable bonds is 6. The van der Waals surface area contributed by atoms with Crippen molar-refractivity contribution in [1.82, 2.24) is 34.5 Å². The summed E-state index contributed by atoms with van der Waals surface area (Å²) in [6.07, 6.45) is 1.05. The Morgan fingerprint density at radius 2 is 2.21 bits per heavy atom. The molecule has 0 unspecified atom stereocenters. The Bertz CT molecular complexity index is 1460. The summed E-state index contributed by atoms with van der Waals surface area (Å²) in [6, 6.07) is 3.28. The van der Waals surface area contributed by atoms with Crippen molar-refractivity contribution in [3.05, 3.63) is 30.2 Å². The Morgan fingerprint density at radius 3 is 2.97 bits per heavy atom. The normalized spacial score (nSPS) is 20.3. The second kappa shape index (κ2) is 8.38. The molecule has 3 aromatic heterocycles. The number of benzene rings is 1. The number of hydrogen-bond donors (Lipinski definition) is 1. The molecule has 0 spiro atoms. The minimum absolute atomic E-state index is 0.0634. The molecule has 0 amide bonds. The minimum Gasteiger partial charge on any atom is -0.479 e. The van der Waals surface area contributed by atoms with Crippen LogP contribution >= 0.6 is 0 Å². The molecule has 4 aromatic rings. The molecule has 9 nitrogen and oxygen atoms in total. The molecular formula is C21H22F4N8O. The van der Waals surface area contributed by atoms with Crippen LogP contribution in [0.15, 0.2) is 24.4 Å². The van der Waals surface area contributed by atoms with Gasteiger partial charge in [0, 0.05) is 6.54 Å². The summed E-state index contributed by atoms with van der Waals surface area (Å²) in [5, 5.41) is 14.5. The van der Waals surface area contributed by atoms with Crippen molar-refractivity contribution in [2.75, 3.05) is 39.2 Å². The van der Waals surface area contributed by atoms with Crippen LogP contribution in [-0.4, -0.2) is 80.3 Å². The summed E-state index contributed by atoms with van der Waals surface area (Å²) in [5.74, 6) is -4.78. The fourth-order valence-corrected chi connectivity index (χ4v) is 4.24. The van der Waals surface area contributed by atoms with Crippen LogP contribution in [0.3, 0.4) is 0 Å². The smallest absolute Gasteiger partial charge is 0.280 e. The number of methoxy groups -OCH3 is 1. The number of hydrogen-bond acceptors (Lipinski definition) is 7. The van der Waals surface area contributed by atoms with E-state index in [4.69, 9.17) is 8.85 Å². The van der Waals surface area contributed by atoms with Gasteiger partial charge in [-0.05, 0) is 31.2 Å². The molecule has 1 aliphatic heterocycles. The van der Waals surface area contributed by atoms with E-state index in [1.165, 1.54) is 21.7 Å². The maximum atomic E-state index is 15.3. The molecule has 5 rings (SSSR count). The molecular weight excluding hydrogens is 456 g/mol. The summed E-state index contributed by atoms with van der Waals surface area (Å²) in [6.45, 7) is -0.842. The van der Waals surface area contributed by atoms with Crippen molar-refractivity contribution in [2.45, 2.75) is 24.9 Å². The van der Waals surface area contributed by atoms with Crippen LogP contribution < -0.4 is 10.1 Å². The van der Waals surface area contributed by atoms with Crippen LogP contribution in [-0.2, 0) is 6.54 Å². The average Bonchev–Trinajstić information content (AvgIpc) is 3.34. The highest BCUT2D eigenvalue weighted by atomic mass is 19.3. The second-order valence-electron chi connectivity index (χ2n) is 8.18. The van der Waals surface area contributed by atoms with E-state index >= 15 is 4.39 Å². The molecule has 0 saturated carbocycles. The monoisotopic (exact) mass is 481 g/mol. The number of ether oxygens (including phenoxy) is 1. The van der Waals surface area contributed by atoms with Crippen molar-refractivity contribution in [3.8, 4) is 17.0 Å². The first-order valence-corrected chi connectivity index (χ1v) is 10.5.